The number of hydrogen-bond acceptors (Lipinski definition) is 6. The molecule has 0 aromatic heterocycles. The van der Waals surface area contributed by atoms with Crippen molar-refractivity contribution in [3.8, 4) is 5.75 Å². The third-order valence-corrected chi connectivity index (χ3v) is 3.90. The summed E-state index contributed by atoms with van der Waals surface area (Å²) < 4.78 is 10.1. The molecule has 1 heterocycles. The molecule has 23 heavy (non-hydrogen) atoms. The molecule has 0 N–H and O–H groups in total. The van der Waals surface area contributed by atoms with Crippen molar-refractivity contribution in [1.29, 1.82) is 0 Å². The van der Waals surface area contributed by atoms with Gasteiger partial charge in [0, 0.05) is 16.2 Å². The predicted octanol–water partition coefficient (Wildman–Crippen LogP) is 2.35. The van der Waals surface area contributed by atoms with Crippen LogP contribution in [0.2, 0.25) is 0 Å². The lowest BCUT2D eigenvalue weighted by Crippen LogP contribution is -2.40. The molecule has 0 amide bonds. The van der Waals surface area contributed by atoms with Gasteiger partial charge >= 0.3 is 5.97 Å². The lowest BCUT2D eigenvalue weighted by atomic mass is 9.80. The number of ether oxygens (including phenoxy) is 2. The number of carbonyl (C=O) groups excluding carboxylic acids is 1. The first-order valence-electron chi connectivity index (χ1n) is 7.03. The van der Waals surface area contributed by atoms with Gasteiger partial charge in [-0.1, -0.05) is 18.2 Å². The summed E-state index contributed by atoms with van der Waals surface area (Å²) in [5.74, 6) is -0.958. The Morgan fingerprint density at radius 1 is 1.26 bits per heavy atom. The first-order valence-corrected chi connectivity index (χ1v) is 7.03. The Balaban J connectivity index is 2.73. The van der Waals surface area contributed by atoms with Crippen LogP contribution in [0.15, 0.2) is 40.5 Å². The normalized spacial score (nSPS) is 20.8. The number of allylic oxidation sites excluding steroid dienone is 1. The minimum atomic E-state index is -1.15. The molecule has 2 atom stereocenters. The van der Waals surface area contributed by atoms with E-state index in [4.69, 9.17) is 9.47 Å². The zero-order chi connectivity index (χ0) is 17.1. The first kappa shape index (κ1) is 16.7. The van der Waals surface area contributed by atoms with Gasteiger partial charge in [-0.05, 0) is 19.9 Å². The van der Waals surface area contributed by atoms with E-state index in [0.29, 0.717) is 22.7 Å². The van der Waals surface area contributed by atoms with E-state index in [1.54, 1.807) is 38.1 Å². The molecule has 0 spiro atoms. The molecule has 2 unspecified atom stereocenters. The summed E-state index contributed by atoms with van der Waals surface area (Å²) >= 11 is 0. The summed E-state index contributed by atoms with van der Waals surface area (Å²) in [6.45, 7) is 3.24. The SMILES string of the molecule is COC(=O)C1=C(C)N=C(C)C([N+](=O)[O-])C1c1ccccc1OC. The van der Waals surface area contributed by atoms with Crippen LogP contribution in [-0.4, -0.2) is 36.9 Å². The van der Waals surface area contributed by atoms with E-state index < -0.39 is 22.9 Å². The van der Waals surface area contributed by atoms with Crippen LogP contribution in [0.25, 0.3) is 0 Å². The number of benzene rings is 1. The van der Waals surface area contributed by atoms with E-state index in [9.17, 15) is 14.9 Å². The number of rotatable bonds is 4. The summed E-state index contributed by atoms with van der Waals surface area (Å²) in [4.78, 5) is 27.6. The highest BCUT2D eigenvalue weighted by atomic mass is 16.6. The van der Waals surface area contributed by atoms with E-state index in [1.165, 1.54) is 14.2 Å². The summed E-state index contributed by atoms with van der Waals surface area (Å²) in [6.07, 6.45) is 0. The van der Waals surface area contributed by atoms with Crippen molar-refractivity contribution < 1.29 is 19.2 Å². The lowest BCUT2D eigenvalue weighted by molar-refractivity contribution is -0.505. The smallest absolute Gasteiger partial charge is 0.336 e. The average molecular weight is 318 g/mol. The molecule has 0 radical (unpaired) electrons. The number of methoxy groups -OCH3 is 2. The van der Waals surface area contributed by atoms with Crippen molar-refractivity contribution in [1.82, 2.24) is 0 Å². The van der Waals surface area contributed by atoms with Crippen LogP contribution in [0.4, 0.5) is 0 Å². The molecule has 0 saturated heterocycles. The van der Waals surface area contributed by atoms with Gasteiger partial charge in [0.25, 0.3) is 6.04 Å². The van der Waals surface area contributed by atoms with Gasteiger partial charge in [-0.2, -0.15) is 0 Å². The Bertz CT molecular complexity index is 708. The van der Waals surface area contributed by atoms with Gasteiger partial charge < -0.3 is 9.47 Å². The van der Waals surface area contributed by atoms with Crippen molar-refractivity contribution >= 4 is 11.7 Å². The third-order valence-electron chi connectivity index (χ3n) is 3.90. The van der Waals surface area contributed by atoms with Crippen LogP contribution in [0.5, 0.6) is 5.75 Å². The molecule has 0 fully saturated rings. The van der Waals surface area contributed by atoms with E-state index in [1.807, 2.05) is 0 Å². The quantitative estimate of drug-likeness (QED) is 0.483. The van der Waals surface area contributed by atoms with Crippen LogP contribution >= 0.6 is 0 Å². The minimum Gasteiger partial charge on any atom is -0.496 e. The third kappa shape index (κ3) is 2.94. The molecule has 7 heteroatoms. The molecule has 2 rings (SSSR count). The summed E-state index contributed by atoms with van der Waals surface area (Å²) in [7, 11) is 2.73. The second kappa shape index (κ2) is 6.60. The van der Waals surface area contributed by atoms with Crippen molar-refractivity contribution in [2.45, 2.75) is 25.8 Å². The Kier molecular flexibility index (Phi) is 4.78. The largest absolute Gasteiger partial charge is 0.496 e. The van der Waals surface area contributed by atoms with Crippen LogP contribution in [0.1, 0.15) is 25.3 Å². The first-order chi connectivity index (χ1) is 10.9. The highest BCUT2D eigenvalue weighted by molar-refractivity contribution is 5.98. The Morgan fingerprint density at radius 2 is 1.91 bits per heavy atom. The van der Waals surface area contributed by atoms with Gasteiger partial charge in [-0.25, -0.2) is 4.79 Å². The molecule has 1 aliphatic rings. The molecule has 122 valence electrons. The predicted molar refractivity (Wildman–Crippen MR) is 84.3 cm³/mol. The second-order valence-corrected chi connectivity index (χ2v) is 5.19. The zero-order valence-corrected chi connectivity index (χ0v) is 13.4. The van der Waals surface area contributed by atoms with Crippen molar-refractivity contribution in [2.24, 2.45) is 4.99 Å². The van der Waals surface area contributed by atoms with Crippen molar-refractivity contribution in [2.75, 3.05) is 14.2 Å². The number of nitro groups is 1. The summed E-state index contributed by atoms with van der Waals surface area (Å²) in [6, 6.07) is 5.79. The van der Waals surface area contributed by atoms with Crippen molar-refractivity contribution in [3.05, 3.63) is 51.2 Å². The maximum Gasteiger partial charge on any atom is 0.336 e. The molecule has 0 saturated carbocycles. The number of esters is 1. The van der Waals surface area contributed by atoms with E-state index in [2.05, 4.69) is 4.99 Å². The molecular formula is C16H18N2O5. The summed E-state index contributed by atoms with van der Waals surface area (Å²) in [5.41, 5.74) is 1.51. The number of aliphatic imine (C=N–C) groups is 1. The summed E-state index contributed by atoms with van der Waals surface area (Å²) in [5, 5.41) is 11.6. The molecule has 0 bridgehead atoms. The topological polar surface area (TPSA) is 91.0 Å². The minimum absolute atomic E-state index is 0.185. The van der Waals surface area contributed by atoms with Gasteiger partial charge in [-0.15, -0.1) is 0 Å². The monoisotopic (exact) mass is 318 g/mol. The maximum absolute atomic E-state index is 12.2. The molecule has 7 nitrogen and oxygen atoms in total. The fraction of sp³-hybridized carbons (Fsp3) is 0.375. The number of hydrogen-bond donors (Lipinski definition) is 0. The van der Waals surface area contributed by atoms with E-state index >= 15 is 0 Å². The zero-order valence-electron chi connectivity index (χ0n) is 13.4. The van der Waals surface area contributed by atoms with Crippen LogP contribution in [-0.2, 0) is 9.53 Å². The van der Waals surface area contributed by atoms with Crippen LogP contribution in [0, 0.1) is 10.1 Å². The molecule has 0 aliphatic carbocycles. The molecule has 1 aromatic rings. The van der Waals surface area contributed by atoms with Gasteiger partial charge in [-0.3, -0.25) is 15.1 Å². The van der Waals surface area contributed by atoms with Crippen LogP contribution in [0.3, 0.4) is 0 Å². The lowest BCUT2D eigenvalue weighted by Gasteiger charge is -2.28. The maximum atomic E-state index is 12.2. The Hall–Kier alpha value is -2.70. The van der Waals surface area contributed by atoms with Gasteiger partial charge in [0.1, 0.15) is 5.75 Å². The van der Waals surface area contributed by atoms with E-state index in [0.717, 1.165) is 0 Å². The molecular weight excluding hydrogens is 300 g/mol. The standard InChI is InChI=1S/C16H18N2O5/c1-9-13(16(19)23-4)14(15(18(20)21)10(2)17-9)11-7-5-6-8-12(11)22-3/h5-8,14-15H,1-4H3. The average Bonchev–Trinajstić information content (AvgIpc) is 2.52. The number of carbonyl (C=O) groups is 1. The Morgan fingerprint density at radius 3 is 2.48 bits per heavy atom. The highest BCUT2D eigenvalue weighted by Gasteiger charge is 2.45. The number of para-hydroxylation sites is 1. The Labute approximate surface area is 133 Å². The van der Waals surface area contributed by atoms with Crippen LogP contribution < -0.4 is 4.74 Å². The van der Waals surface area contributed by atoms with Gasteiger partial charge in [0.2, 0.25) is 0 Å². The second-order valence-electron chi connectivity index (χ2n) is 5.19. The number of nitrogens with zero attached hydrogens (tertiary/aromatic N) is 2. The van der Waals surface area contributed by atoms with Crippen molar-refractivity contribution in [3.63, 3.8) is 0 Å². The fourth-order valence-corrected chi connectivity index (χ4v) is 2.92. The molecule has 1 aromatic carbocycles. The van der Waals surface area contributed by atoms with E-state index in [-0.39, 0.29) is 5.57 Å². The highest BCUT2D eigenvalue weighted by Crippen LogP contribution is 2.40. The van der Waals surface area contributed by atoms with Gasteiger partial charge in [0.15, 0.2) is 0 Å². The van der Waals surface area contributed by atoms with Gasteiger partial charge in [0.05, 0.1) is 31.4 Å². The molecule has 1 aliphatic heterocycles. The fourth-order valence-electron chi connectivity index (χ4n) is 2.92.